The number of aryl methyl sites for hydroxylation is 1. The Hall–Kier alpha value is -5.55. The number of hydrogen-bond donors (Lipinski definition) is 16. The van der Waals surface area contributed by atoms with Gasteiger partial charge in [0.25, 0.3) is 5.79 Å². The lowest BCUT2D eigenvalue weighted by molar-refractivity contribution is -0.384. The number of fused-ring (bicyclic) bond motifs is 1. The molecule has 17 atom stereocenters. The van der Waals surface area contributed by atoms with E-state index < -0.39 is 184 Å². The number of unbranched alkanes of at least 4 members (excludes halogenated alkanes) is 11. The zero-order valence-corrected chi connectivity index (χ0v) is 46.4. The van der Waals surface area contributed by atoms with Crippen molar-refractivity contribution in [1.82, 2.24) is 16.0 Å². The summed E-state index contributed by atoms with van der Waals surface area (Å²) in [5, 5.41) is 145. The maximum Gasteiger partial charge on any atom is 0.364 e. The van der Waals surface area contributed by atoms with Crippen LogP contribution in [-0.2, 0) is 52.5 Å². The quantitative estimate of drug-likeness (QED) is 0.0246. The van der Waals surface area contributed by atoms with Crippen LogP contribution in [0.4, 0.5) is 0 Å². The van der Waals surface area contributed by atoms with Crippen molar-refractivity contribution in [1.29, 1.82) is 0 Å². The van der Waals surface area contributed by atoms with Gasteiger partial charge in [0.2, 0.25) is 24.0 Å². The van der Waals surface area contributed by atoms with Gasteiger partial charge in [0.1, 0.15) is 84.5 Å². The molecule has 0 aliphatic carbocycles. The van der Waals surface area contributed by atoms with Gasteiger partial charge in [-0.2, -0.15) is 0 Å². The Bertz CT molecular complexity index is 2520. The SMILES string of the molecule is Cc1cc(=O)oc2cc(OC3OC(CO)[C@@H](OC4OC(CO)[C@H](O)[C@H](O[C@]5(C(=O)O)C[C@@H](O)[C@@H](NC(=O)CNC(=O)CC[C@H](NC(=O)CCCCCCCCCCCCCCC(=O)O)C(=O)O)C(C(O)[C@H](O)CO)O5)[C@@H]4O)[C@H](O)[C@@H]3O)ccc12. The average Bonchev–Trinajstić information content (AvgIpc) is 1.69. The van der Waals surface area contributed by atoms with Crippen molar-refractivity contribution in [3.63, 3.8) is 0 Å². The van der Waals surface area contributed by atoms with Gasteiger partial charge in [-0.05, 0) is 43.9 Å². The summed E-state index contributed by atoms with van der Waals surface area (Å²) in [5.74, 6) is -10.1. The summed E-state index contributed by atoms with van der Waals surface area (Å²) in [6, 6.07) is 2.25. The molecular weight excluding hydrogens is 1120 g/mol. The summed E-state index contributed by atoms with van der Waals surface area (Å²) in [6.45, 7) is -2.41. The number of ether oxygens (including phenoxy) is 6. The van der Waals surface area contributed by atoms with Crippen LogP contribution >= 0.6 is 0 Å². The van der Waals surface area contributed by atoms with Crippen LogP contribution in [0.5, 0.6) is 5.75 Å². The standard InChI is InChI=1S/C54H81N3O27/c1-27-20-40(68)79-33-21-28(16-17-29(27)33)78-51-45(72)44(71)47(35(26-60)81-51)82-52-46(73)49(43(70)34(25-59)80-52)84-54(53(76)77)22-31(61)41(48(83-54)42(69)32(62)24-58)57-38(65)23-55-36(63)19-18-30(50(74)75)56-37(64)14-12-10-8-6-4-2-3-5-7-9-11-13-15-39(66)67/h16-17,20-21,30-32,34-35,41-49,51-52,58-62,69-73H,2-15,18-19,22-26H2,1H3,(H,55,63)(H,56,64)(H,57,65)(H,66,67)(H,74,75)(H,76,77)/t30-,31+,32+,34?,35?,41+,42?,43-,44+,45-,46-,47+,48?,49-,51?,52?,54-/m0/s1. The summed E-state index contributed by atoms with van der Waals surface area (Å²) in [4.78, 5) is 86.4. The minimum Gasteiger partial charge on any atom is -0.481 e. The number of nitrogens with one attached hydrogen (secondary N) is 3. The van der Waals surface area contributed by atoms with Crippen LogP contribution in [0.2, 0.25) is 0 Å². The monoisotopic (exact) mass is 1200 g/mol. The summed E-state index contributed by atoms with van der Waals surface area (Å²) < 4.78 is 39.4. The third-order valence-electron chi connectivity index (χ3n) is 14.9. The molecule has 16 N–H and O–H groups in total. The molecule has 1 aromatic heterocycles. The minimum absolute atomic E-state index is 0.00660. The summed E-state index contributed by atoms with van der Waals surface area (Å²) in [5.41, 5.74) is 0.0519. The normalized spacial score (nSPS) is 29.1. The van der Waals surface area contributed by atoms with E-state index in [0.29, 0.717) is 23.8 Å². The third kappa shape index (κ3) is 19.5. The van der Waals surface area contributed by atoms with Crippen LogP contribution in [0.25, 0.3) is 11.0 Å². The van der Waals surface area contributed by atoms with E-state index in [1.807, 2.05) is 0 Å². The number of amides is 3. The van der Waals surface area contributed by atoms with Crippen LogP contribution in [0.1, 0.15) is 115 Å². The lowest BCUT2D eigenvalue weighted by Crippen LogP contribution is -2.71. The molecule has 30 heteroatoms. The number of carbonyl (C=O) groups is 6. The van der Waals surface area contributed by atoms with E-state index in [9.17, 15) is 94.8 Å². The van der Waals surface area contributed by atoms with Crippen LogP contribution in [0.15, 0.2) is 33.5 Å². The molecule has 84 heavy (non-hydrogen) atoms. The van der Waals surface area contributed by atoms with Gasteiger partial charge in [-0.15, -0.1) is 0 Å². The van der Waals surface area contributed by atoms with Crippen molar-refractivity contribution in [2.45, 2.75) is 220 Å². The molecule has 0 radical (unpaired) electrons. The number of aliphatic hydroxyl groups excluding tert-OH is 10. The molecule has 2 aromatic rings. The second-order valence-electron chi connectivity index (χ2n) is 21.3. The molecule has 1 aromatic carbocycles. The molecule has 0 saturated carbocycles. The number of carboxylic acid groups (broad SMARTS) is 3. The largest absolute Gasteiger partial charge is 0.481 e. The van der Waals surface area contributed by atoms with E-state index in [-0.39, 0.29) is 30.6 Å². The topological polar surface area (TPSA) is 487 Å². The highest BCUT2D eigenvalue weighted by atomic mass is 16.8. The number of benzene rings is 1. The number of carbonyl (C=O) groups excluding carboxylic acids is 3. The fraction of sp³-hybridized carbons (Fsp3) is 0.722. The molecule has 3 fully saturated rings. The molecule has 4 heterocycles. The summed E-state index contributed by atoms with van der Waals surface area (Å²) >= 11 is 0. The fourth-order valence-corrected chi connectivity index (χ4v) is 10.2. The summed E-state index contributed by atoms with van der Waals surface area (Å²) in [6.07, 6.45) is -19.5. The van der Waals surface area contributed by atoms with E-state index in [1.54, 1.807) is 13.0 Å². The van der Waals surface area contributed by atoms with Crippen molar-refractivity contribution in [2.75, 3.05) is 26.4 Å². The predicted octanol–water partition coefficient (Wildman–Crippen LogP) is -2.73. The molecule has 3 aliphatic heterocycles. The van der Waals surface area contributed by atoms with Crippen LogP contribution < -0.4 is 26.3 Å². The highest BCUT2D eigenvalue weighted by Gasteiger charge is 2.60. The van der Waals surface area contributed by atoms with Crippen molar-refractivity contribution in [3.8, 4) is 5.75 Å². The highest BCUT2D eigenvalue weighted by Crippen LogP contribution is 2.39. The van der Waals surface area contributed by atoms with Gasteiger partial charge in [0.15, 0.2) is 6.29 Å². The van der Waals surface area contributed by atoms with Gasteiger partial charge in [-0.25, -0.2) is 14.4 Å². The first-order valence-electron chi connectivity index (χ1n) is 28.1. The molecule has 3 saturated heterocycles. The average molecular weight is 1200 g/mol. The third-order valence-corrected chi connectivity index (χ3v) is 14.9. The Kier molecular flexibility index (Phi) is 27.5. The van der Waals surface area contributed by atoms with E-state index in [4.69, 9.17) is 37.9 Å². The van der Waals surface area contributed by atoms with E-state index in [2.05, 4.69) is 16.0 Å². The molecular formula is C54H81N3O27. The van der Waals surface area contributed by atoms with Gasteiger partial charge < -0.3 is 115 Å². The van der Waals surface area contributed by atoms with Crippen LogP contribution in [-0.4, -0.2) is 232 Å². The number of aliphatic hydroxyl groups is 10. The highest BCUT2D eigenvalue weighted by molar-refractivity contribution is 5.87. The van der Waals surface area contributed by atoms with Crippen molar-refractivity contribution >= 4 is 46.6 Å². The van der Waals surface area contributed by atoms with Crippen molar-refractivity contribution < 1.29 is 128 Å². The molecule has 6 unspecified atom stereocenters. The Labute approximate surface area is 481 Å². The van der Waals surface area contributed by atoms with Gasteiger partial charge in [0, 0.05) is 43.2 Å². The Balaban J connectivity index is 1.14. The molecule has 0 bridgehead atoms. The van der Waals surface area contributed by atoms with Gasteiger partial charge in [0.05, 0.1) is 38.5 Å². The van der Waals surface area contributed by atoms with Gasteiger partial charge in [-0.3, -0.25) is 19.2 Å². The zero-order valence-electron chi connectivity index (χ0n) is 46.4. The molecule has 3 aliphatic rings. The number of aliphatic carboxylic acids is 3. The maximum absolute atomic E-state index is 13.3. The molecule has 30 nitrogen and oxygen atoms in total. The molecule has 3 amide bonds. The van der Waals surface area contributed by atoms with Gasteiger partial charge >= 0.3 is 23.5 Å². The molecule has 0 spiro atoms. The van der Waals surface area contributed by atoms with Crippen molar-refractivity contribution in [3.05, 3.63) is 40.2 Å². The van der Waals surface area contributed by atoms with E-state index in [1.165, 1.54) is 18.2 Å². The van der Waals surface area contributed by atoms with Crippen LogP contribution in [0, 0.1) is 6.92 Å². The predicted molar refractivity (Wildman–Crippen MR) is 284 cm³/mol. The molecule has 5 rings (SSSR count). The van der Waals surface area contributed by atoms with Gasteiger partial charge in [-0.1, -0.05) is 64.2 Å². The Morgan fingerprint density at radius 3 is 1.89 bits per heavy atom. The van der Waals surface area contributed by atoms with E-state index >= 15 is 0 Å². The van der Waals surface area contributed by atoms with Crippen molar-refractivity contribution in [2.24, 2.45) is 0 Å². The second-order valence-corrected chi connectivity index (χ2v) is 21.3. The number of carboxylic acids is 3. The lowest BCUT2D eigenvalue weighted by Gasteiger charge is -2.50. The Morgan fingerprint density at radius 1 is 0.702 bits per heavy atom. The smallest absolute Gasteiger partial charge is 0.364 e. The lowest BCUT2D eigenvalue weighted by atomic mass is 9.88. The first-order chi connectivity index (χ1) is 39.9. The fourth-order valence-electron chi connectivity index (χ4n) is 10.2. The number of rotatable bonds is 35. The first-order valence-corrected chi connectivity index (χ1v) is 28.1. The Morgan fingerprint density at radius 2 is 1.31 bits per heavy atom. The first kappa shape index (κ1) is 69.2. The zero-order chi connectivity index (χ0) is 61.8. The van der Waals surface area contributed by atoms with Crippen LogP contribution in [0.3, 0.4) is 0 Å². The second kappa shape index (κ2) is 33.4. The van der Waals surface area contributed by atoms with E-state index in [0.717, 1.165) is 64.2 Å². The summed E-state index contributed by atoms with van der Waals surface area (Å²) in [7, 11) is 0. The molecule has 474 valence electrons. The maximum atomic E-state index is 13.3. The number of hydrogen-bond acceptors (Lipinski definition) is 24. The minimum atomic E-state index is -3.25.